The van der Waals surface area contributed by atoms with Crippen LogP contribution in [0.2, 0.25) is 10.0 Å². The lowest BCUT2D eigenvalue weighted by Crippen LogP contribution is -2.16. The second kappa shape index (κ2) is 8.39. The van der Waals surface area contributed by atoms with Crippen molar-refractivity contribution in [3.05, 3.63) is 81.2 Å². The molecule has 0 aliphatic carbocycles. The minimum atomic E-state index is -4.07. The number of rotatable bonds is 5. The van der Waals surface area contributed by atoms with Crippen molar-refractivity contribution in [1.82, 2.24) is 9.97 Å². The molecule has 1 aromatic heterocycles. The summed E-state index contributed by atoms with van der Waals surface area (Å²) in [6.45, 7) is 0. The zero-order chi connectivity index (χ0) is 21.3. The van der Waals surface area contributed by atoms with Gasteiger partial charge in [-0.1, -0.05) is 51.3 Å². The number of halogens is 3. The van der Waals surface area contributed by atoms with Gasteiger partial charge in [-0.3, -0.25) is 4.72 Å². The van der Waals surface area contributed by atoms with E-state index in [1.54, 1.807) is 18.2 Å². The molecule has 0 spiro atoms. The molecule has 0 atom stereocenters. The van der Waals surface area contributed by atoms with Crippen molar-refractivity contribution in [1.29, 1.82) is 0 Å². The zero-order valence-corrected chi connectivity index (χ0v) is 19.0. The molecule has 0 unspecified atom stereocenters. The van der Waals surface area contributed by atoms with Crippen LogP contribution in [-0.2, 0) is 10.0 Å². The summed E-state index contributed by atoms with van der Waals surface area (Å²) in [6, 6.07) is 18.7. The van der Waals surface area contributed by atoms with Gasteiger partial charge in [0.05, 0.1) is 16.1 Å². The van der Waals surface area contributed by atoms with Gasteiger partial charge >= 0.3 is 0 Å². The summed E-state index contributed by atoms with van der Waals surface area (Å²) in [7, 11) is -4.07. The molecule has 10 heteroatoms. The molecule has 152 valence electrons. The Kier molecular flexibility index (Phi) is 5.84. The van der Waals surface area contributed by atoms with Crippen molar-refractivity contribution in [3.8, 4) is 0 Å². The van der Waals surface area contributed by atoms with Gasteiger partial charge in [0.2, 0.25) is 0 Å². The lowest BCUT2D eigenvalue weighted by atomic mass is 10.3. The predicted molar refractivity (Wildman–Crippen MR) is 124 cm³/mol. The van der Waals surface area contributed by atoms with Crippen LogP contribution < -0.4 is 10.0 Å². The standard InChI is InChI=1S/C20H13BrCl2N4O2S/c21-12-5-8-14(9-6-12)24-19-20(26-17-4-2-1-3-16(17)25-19)27-30(28,29)18-11-13(22)7-10-15(18)23/h1-11H,(H,24,25)(H,26,27). The van der Waals surface area contributed by atoms with Crippen molar-refractivity contribution in [2.45, 2.75) is 4.90 Å². The molecule has 0 bridgehead atoms. The average molecular weight is 524 g/mol. The molecular formula is C20H13BrCl2N4O2S. The third-order valence-corrected chi connectivity index (χ3v) is 6.68. The number of nitrogens with one attached hydrogen (secondary N) is 2. The highest BCUT2D eigenvalue weighted by Gasteiger charge is 2.22. The number of sulfonamides is 1. The summed E-state index contributed by atoms with van der Waals surface area (Å²) in [5.41, 5.74) is 1.86. The van der Waals surface area contributed by atoms with E-state index in [0.29, 0.717) is 16.7 Å². The van der Waals surface area contributed by atoms with Crippen molar-refractivity contribution in [3.63, 3.8) is 0 Å². The quantitative estimate of drug-likeness (QED) is 0.323. The van der Waals surface area contributed by atoms with Crippen LogP contribution in [0.25, 0.3) is 11.0 Å². The molecule has 0 aliphatic heterocycles. The Morgan fingerprint density at radius 2 is 1.47 bits per heavy atom. The van der Waals surface area contributed by atoms with Crippen LogP contribution in [0.1, 0.15) is 0 Å². The highest BCUT2D eigenvalue weighted by molar-refractivity contribution is 9.10. The van der Waals surface area contributed by atoms with Crippen LogP contribution in [-0.4, -0.2) is 18.4 Å². The third kappa shape index (κ3) is 4.52. The SMILES string of the molecule is O=S(=O)(Nc1nc2ccccc2nc1Nc1ccc(Br)cc1)c1cc(Cl)ccc1Cl. The van der Waals surface area contributed by atoms with E-state index in [0.717, 1.165) is 4.47 Å². The fourth-order valence-corrected chi connectivity index (χ4v) is 4.73. The van der Waals surface area contributed by atoms with Gasteiger partial charge < -0.3 is 5.32 Å². The number of hydrogen-bond donors (Lipinski definition) is 2. The van der Waals surface area contributed by atoms with Gasteiger partial charge in [0.1, 0.15) is 4.90 Å². The van der Waals surface area contributed by atoms with E-state index in [2.05, 4.69) is 35.9 Å². The Labute approximate surface area is 191 Å². The number of nitrogens with zero attached hydrogens (tertiary/aromatic N) is 2. The molecule has 0 radical (unpaired) electrons. The van der Waals surface area contributed by atoms with E-state index < -0.39 is 10.0 Å². The van der Waals surface area contributed by atoms with Crippen LogP contribution in [0.5, 0.6) is 0 Å². The van der Waals surface area contributed by atoms with Gasteiger partial charge in [0.15, 0.2) is 11.6 Å². The van der Waals surface area contributed by atoms with Gasteiger partial charge in [-0.25, -0.2) is 18.4 Å². The first-order chi connectivity index (χ1) is 14.3. The first-order valence-corrected chi connectivity index (χ1v) is 11.6. The Hall–Kier alpha value is -2.39. The molecule has 30 heavy (non-hydrogen) atoms. The summed E-state index contributed by atoms with van der Waals surface area (Å²) >= 11 is 15.4. The van der Waals surface area contributed by atoms with Crippen LogP contribution in [0.15, 0.2) is 76.1 Å². The van der Waals surface area contributed by atoms with Gasteiger partial charge in [-0.05, 0) is 54.6 Å². The third-order valence-electron chi connectivity index (χ3n) is 4.09. The van der Waals surface area contributed by atoms with Gasteiger partial charge in [0, 0.05) is 15.2 Å². The van der Waals surface area contributed by atoms with Crippen molar-refractivity contribution in [2.24, 2.45) is 0 Å². The van der Waals surface area contributed by atoms with E-state index in [-0.39, 0.29) is 26.6 Å². The number of fused-ring (bicyclic) bond motifs is 1. The number of benzene rings is 3. The number of para-hydroxylation sites is 2. The van der Waals surface area contributed by atoms with Crippen molar-refractivity contribution in [2.75, 3.05) is 10.0 Å². The minimum absolute atomic E-state index is 0.0349. The van der Waals surface area contributed by atoms with E-state index >= 15 is 0 Å². The lowest BCUT2D eigenvalue weighted by Gasteiger charge is -2.14. The number of hydrogen-bond acceptors (Lipinski definition) is 5. The summed E-state index contributed by atoms with van der Waals surface area (Å²) in [4.78, 5) is 8.84. The van der Waals surface area contributed by atoms with E-state index in [1.165, 1.54) is 18.2 Å². The highest BCUT2D eigenvalue weighted by atomic mass is 79.9. The molecule has 0 amide bonds. The van der Waals surface area contributed by atoms with Crippen LogP contribution in [0.4, 0.5) is 17.3 Å². The minimum Gasteiger partial charge on any atom is -0.337 e. The van der Waals surface area contributed by atoms with E-state index in [1.807, 2.05) is 30.3 Å². The summed E-state index contributed by atoms with van der Waals surface area (Å²) in [5, 5.41) is 3.40. The normalized spacial score (nSPS) is 11.4. The molecule has 0 saturated carbocycles. The van der Waals surface area contributed by atoms with E-state index in [9.17, 15) is 8.42 Å². The van der Waals surface area contributed by atoms with Crippen LogP contribution >= 0.6 is 39.1 Å². The fourth-order valence-electron chi connectivity index (χ4n) is 2.69. The zero-order valence-electron chi connectivity index (χ0n) is 15.1. The topological polar surface area (TPSA) is 84.0 Å². The van der Waals surface area contributed by atoms with Crippen LogP contribution in [0, 0.1) is 0 Å². The monoisotopic (exact) mass is 522 g/mol. The molecule has 4 rings (SSSR count). The van der Waals surface area contributed by atoms with Gasteiger partial charge in [0.25, 0.3) is 10.0 Å². The molecule has 0 saturated heterocycles. The predicted octanol–water partition coefficient (Wildman–Crippen LogP) is 6.24. The largest absolute Gasteiger partial charge is 0.337 e. The second-order valence-electron chi connectivity index (χ2n) is 6.22. The van der Waals surface area contributed by atoms with Crippen LogP contribution in [0.3, 0.4) is 0 Å². The molecule has 1 heterocycles. The van der Waals surface area contributed by atoms with Gasteiger partial charge in [-0.2, -0.15) is 0 Å². The molecule has 6 nitrogen and oxygen atoms in total. The Morgan fingerprint density at radius 3 is 2.13 bits per heavy atom. The lowest BCUT2D eigenvalue weighted by molar-refractivity contribution is 0.601. The summed E-state index contributed by atoms with van der Waals surface area (Å²) < 4.78 is 29.4. The first-order valence-electron chi connectivity index (χ1n) is 8.59. The first kappa shape index (κ1) is 20.9. The second-order valence-corrected chi connectivity index (χ2v) is 9.63. The molecule has 0 fully saturated rings. The Bertz CT molecular complexity index is 1350. The molecule has 4 aromatic rings. The fraction of sp³-hybridized carbons (Fsp3) is 0. The Morgan fingerprint density at radius 1 is 0.833 bits per heavy atom. The average Bonchev–Trinajstić information content (AvgIpc) is 2.71. The van der Waals surface area contributed by atoms with E-state index in [4.69, 9.17) is 23.2 Å². The number of aromatic nitrogens is 2. The Balaban J connectivity index is 1.80. The smallest absolute Gasteiger partial charge is 0.264 e. The van der Waals surface area contributed by atoms with Gasteiger partial charge in [-0.15, -0.1) is 0 Å². The van der Waals surface area contributed by atoms with Crippen molar-refractivity contribution >= 4 is 77.5 Å². The summed E-state index contributed by atoms with van der Waals surface area (Å²) in [5.74, 6) is 0.283. The van der Waals surface area contributed by atoms with Crippen molar-refractivity contribution < 1.29 is 8.42 Å². The molecule has 0 aliphatic rings. The molecular weight excluding hydrogens is 511 g/mol. The highest BCUT2D eigenvalue weighted by Crippen LogP contribution is 2.30. The molecule has 3 aromatic carbocycles. The maximum Gasteiger partial charge on any atom is 0.264 e. The summed E-state index contributed by atoms with van der Waals surface area (Å²) in [6.07, 6.45) is 0. The maximum absolute atomic E-state index is 13.0. The number of anilines is 3. The molecule has 2 N–H and O–H groups in total. The maximum atomic E-state index is 13.0.